The molecular formula is C41H47F3N4O2S2. The third kappa shape index (κ3) is 8.93. The second kappa shape index (κ2) is 16.8. The summed E-state index contributed by atoms with van der Waals surface area (Å²) in [6.45, 7) is 11.3. The van der Waals surface area contributed by atoms with Crippen LogP contribution in [0.25, 0.3) is 10.8 Å². The second-order valence-electron chi connectivity index (χ2n) is 14.0. The third-order valence-electron chi connectivity index (χ3n) is 10.4. The van der Waals surface area contributed by atoms with Crippen LogP contribution in [-0.2, 0) is 22.3 Å². The minimum Gasteiger partial charge on any atom is -0.463 e. The maximum Gasteiger partial charge on any atom is 0.416 e. The molecule has 3 aliphatic heterocycles. The van der Waals surface area contributed by atoms with E-state index in [4.69, 9.17) is 4.74 Å². The number of hydrogen-bond donors (Lipinski definition) is 0. The van der Waals surface area contributed by atoms with Crippen LogP contribution in [0.1, 0.15) is 43.7 Å². The molecule has 3 aliphatic rings. The van der Waals surface area contributed by atoms with Gasteiger partial charge < -0.3 is 14.5 Å². The summed E-state index contributed by atoms with van der Waals surface area (Å²) in [6.07, 6.45) is 0.234. The molecule has 0 aromatic heterocycles. The number of benzene rings is 4. The quantitative estimate of drug-likeness (QED) is 0.105. The Hall–Kier alpha value is -3.22. The van der Waals surface area contributed by atoms with E-state index in [1.165, 1.54) is 59.5 Å². The van der Waals surface area contributed by atoms with Gasteiger partial charge in [0.2, 0.25) is 0 Å². The largest absolute Gasteiger partial charge is 0.463 e. The molecule has 6 nitrogen and oxygen atoms in total. The fraction of sp³-hybridized carbons (Fsp3) is 0.439. The van der Waals surface area contributed by atoms with Gasteiger partial charge in [-0.1, -0.05) is 60.6 Å². The van der Waals surface area contributed by atoms with Gasteiger partial charge in [-0.3, -0.25) is 14.6 Å². The van der Waals surface area contributed by atoms with Crippen LogP contribution in [0.2, 0.25) is 0 Å². The summed E-state index contributed by atoms with van der Waals surface area (Å²) in [5.74, 6) is -0.178. The van der Waals surface area contributed by atoms with Crippen molar-refractivity contribution in [3.8, 4) is 0 Å². The highest BCUT2D eigenvalue weighted by molar-refractivity contribution is 8.00. The van der Waals surface area contributed by atoms with E-state index in [0.717, 1.165) is 79.2 Å². The Morgan fingerprint density at radius 3 is 2.29 bits per heavy atom. The molecule has 2 saturated heterocycles. The van der Waals surface area contributed by atoms with Gasteiger partial charge in [0.25, 0.3) is 0 Å². The molecule has 4 aromatic rings. The number of thioether (sulfide) groups is 1. The summed E-state index contributed by atoms with van der Waals surface area (Å²) in [7, 11) is 0. The number of fused-ring (bicyclic) bond motifs is 3. The predicted molar refractivity (Wildman–Crippen MR) is 206 cm³/mol. The molecule has 0 bridgehead atoms. The summed E-state index contributed by atoms with van der Waals surface area (Å²) in [6, 6.07) is 24.9. The van der Waals surface area contributed by atoms with Gasteiger partial charge in [0.15, 0.2) is 0 Å². The highest BCUT2D eigenvalue weighted by atomic mass is 32.2. The first-order valence-electron chi connectivity index (χ1n) is 18.5. The van der Waals surface area contributed by atoms with Crippen molar-refractivity contribution < 1.29 is 22.7 Å². The number of esters is 1. The monoisotopic (exact) mass is 748 g/mol. The molecule has 52 heavy (non-hydrogen) atoms. The van der Waals surface area contributed by atoms with Gasteiger partial charge in [0.1, 0.15) is 11.9 Å². The van der Waals surface area contributed by atoms with Crippen LogP contribution >= 0.6 is 23.5 Å². The van der Waals surface area contributed by atoms with E-state index in [1.807, 2.05) is 31.2 Å². The Balaban J connectivity index is 0.867. The maximum absolute atomic E-state index is 13.6. The van der Waals surface area contributed by atoms with Gasteiger partial charge in [0.05, 0.1) is 16.9 Å². The van der Waals surface area contributed by atoms with Crippen molar-refractivity contribution in [2.24, 2.45) is 0 Å². The SMILES string of the molecule is CC(Sc1ccc2ccccc2c1CN1CCCCC1)C(=O)OCCN1CCN(CCCN2c3ccccc3Sc3ccc(C(F)(F)F)cc32)CC1. The lowest BCUT2D eigenvalue weighted by atomic mass is 10.0. The van der Waals surface area contributed by atoms with E-state index >= 15 is 0 Å². The molecule has 2 fully saturated rings. The third-order valence-corrected chi connectivity index (χ3v) is 12.7. The summed E-state index contributed by atoms with van der Waals surface area (Å²) in [5.41, 5.74) is 2.28. The molecule has 3 heterocycles. The average molecular weight is 749 g/mol. The van der Waals surface area contributed by atoms with Gasteiger partial charge in [-0.05, 0) is 98.6 Å². The van der Waals surface area contributed by atoms with Gasteiger partial charge in [-0.25, -0.2) is 0 Å². The van der Waals surface area contributed by atoms with E-state index in [1.54, 1.807) is 17.8 Å². The average Bonchev–Trinajstić information content (AvgIpc) is 3.16. The van der Waals surface area contributed by atoms with Gasteiger partial charge in [-0.15, -0.1) is 11.8 Å². The standard InChI is InChI=1S/C41H47F3N4O2S2/c1-30(51-37-16-14-31-10-3-4-11-33(31)34(37)29-47-18-7-2-8-19-47)40(49)50-27-26-46-24-22-45(23-25-46)20-9-21-48-35-12-5-6-13-38(35)52-39-17-15-32(28-36(39)48)41(42,43)44/h3-6,10-17,28,30H,2,7-9,18-27,29H2,1H3. The number of para-hydroxylation sites is 1. The molecule has 0 amide bonds. The molecule has 11 heteroatoms. The Morgan fingerprint density at radius 1 is 0.788 bits per heavy atom. The number of halogens is 3. The molecule has 0 N–H and O–H groups in total. The van der Waals surface area contributed by atoms with E-state index in [2.05, 4.69) is 56.0 Å². The second-order valence-corrected chi connectivity index (χ2v) is 16.4. The van der Waals surface area contributed by atoms with Gasteiger partial charge >= 0.3 is 12.1 Å². The fourth-order valence-corrected chi connectivity index (χ4v) is 9.58. The number of hydrogen-bond acceptors (Lipinski definition) is 8. The van der Waals surface area contributed by atoms with Crippen molar-refractivity contribution in [3.05, 3.63) is 90.0 Å². The number of alkyl halides is 3. The summed E-state index contributed by atoms with van der Waals surface area (Å²) in [4.78, 5) is 25.6. The molecule has 0 saturated carbocycles. The first kappa shape index (κ1) is 37.1. The zero-order valence-corrected chi connectivity index (χ0v) is 31.4. The normalized spacial score (nSPS) is 17.9. The van der Waals surface area contributed by atoms with E-state index in [0.29, 0.717) is 25.4 Å². The van der Waals surface area contributed by atoms with Crippen molar-refractivity contribution in [1.29, 1.82) is 0 Å². The number of carbonyl (C=O) groups excluding carboxylic acids is 1. The molecule has 0 radical (unpaired) electrons. The van der Waals surface area contributed by atoms with Crippen molar-refractivity contribution in [3.63, 3.8) is 0 Å². The van der Waals surface area contributed by atoms with Crippen LogP contribution in [0.4, 0.5) is 24.5 Å². The van der Waals surface area contributed by atoms with Gasteiger partial charge in [0, 0.05) is 60.5 Å². The van der Waals surface area contributed by atoms with Crippen molar-refractivity contribution >= 4 is 51.6 Å². The van der Waals surface area contributed by atoms with Gasteiger partial charge in [-0.2, -0.15) is 13.2 Å². The minimum atomic E-state index is -4.38. The predicted octanol–water partition coefficient (Wildman–Crippen LogP) is 9.18. The number of nitrogens with zero attached hydrogens (tertiary/aromatic N) is 4. The number of anilines is 2. The van der Waals surface area contributed by atoms with Crippen molar-refractivity contribution in [2.75, 3.05) is 70.4 Å². The lowest BCUT2D eigenvalue weighted by Crippen LogP contribution is -2.47. The zero-order valence-electron chi connectivity index (χ0n) is 29.7. The van der Waals surface area contributed by atoms with Crippen LogP contribution in [0.15, 0.2) is 93.5 Å². The summed E-state index contributed by atoms with van der Waals surface area (Å²) < 4.78 is 46.6. The number of piperazine rings is 1. The Labute approximate surface area is 313 Å². The smallest absolute Gasteiger partial charge is 0.416 e. The Morgan fingerprint density at radius 2 is 1.50 bits per heavy atom. The van der Waals surface area contributed by atoms with Crippen LogP contribution in [0, 0.1) is 0 Å². The Bertz CT molecular complexity index is 1840. The zero-order chi connectivity index (χ0) is 36.1. The highest BCUT2D eigenvalue weighted by Crippen LogP contribution is 2.49. The molecule has 7 rings (SSSR count). The Kier molecular flexibility index (Phi) is 12.0. The molecule has 276 valence electrons. The molecule has 4 aromatic carbocycles. The highest BCUT2D eigenvalue weighted by Gasteiger charge is 2.33. The summed E-state index contributed by atoms with van der Waals surface area (Å²) in [5, 5.41) is 2.18. The van der Waals surface area contributed by atoms with Crippen LogP contribution in [0.3, 0.4) is 0 Å². The summed E-state index contributed by atoms with van der Waals surface area (Å²) >= 11 is 3.13. The van der Waals surface area contributed by atoms with E-state index in [-0.39, 0.29) is 11.2 Å². The first-order chi connectivity index (χ1) is 25.2. The van der Waals surface area contributed by atoms with E-state index in [9.17, 15) is 18.0 Å². The number of carbonyl (C=O) groups is 1. The topological polar surface area (TPSA) is 39.3 Å². The van der Waals surface area contributed by atoms with Crippen molar-refractivity contribution in [2.45, 2.75) is 65.3 Å². The molecular weight excluding hydrogens is 702 g/mol. The van der Waals surface area contributed by atoms with E-state index < -0.39 is 11.7 Å². The van der Waals surface area contributed by atoms with Crippen molar-refractivity contribution in [1.82, 2.24) is 14.7 Å². The van der Waals surface area contributed by atoms with Crippen LogP contribution < -0.4 is 4.90 Å². The first-order valence-corrected chi connectivity index (χ1v) is 20.2. The van der Waals surface area contributed by atoms with Crippen LogP contribution in [0.5, 0.6) is 0 Å². The number of ether oxygens (including phenoxy) is 1. The molecule has 1 atom stereocenters. The maximum atomic E-state index is 13.6. The molecule has 0 aliphatic carbocycles. The number of likely N-dealkylation sites (tertiary alicyclic amines) is 1. The molecule has 1 unspecified atom stereocenters. The van der Waals surface area contributed by atoms with Crippen LogP contribution in [-0.4, -0.2) is 91.4 Å². The fourth-order valence-electron chi connectivity index (χ4n) is 7.50. The number of rotatable bonds is 12. The lowest BCUT2D eigenvalue weighted by molar-refractivity contribution is -0.143. The minimum absolute atomic E-state index is 0.178. The molecule has 0 spiro atoms. The lowest BCUT2D eigenvalue weighted by Gasteiger charge is -2.36. The number of piperidine rings is 1.